The summed E-state index contributed by atoms with van der Waals surface area (Å²) in [6.07, 6.45) is 0. The minimum absolute atomic E-state index is 0.718. The monoisotopic (exact) mass is 300 g/mol. The minimum atomic E-state index is 0.718. The maximum absolute atomic E-state index is 5.56. The zero-order valence-electron chi connectivity index (χ0n) is 12.9. The molecule has 0 amide bonds. The molecule has 3 aliphatic rings. The van der Waals surface area contributed by atoms with Gasteiger partial charge in [0.15, 0.2) is 0 Å². The fraction of sp³-hybridized carbons (Fsp3) is 0.929. The smallest absolute Gasteiger partial charge is 0.135 e. The van der Waals surface area contributed by atoms with Crippen LogP contribution in [0.15, 0.2) is 0 Å². The molecule has 7 nitrogen and oxygen atoms in total. The van der Waals surface area contributed by atoms with E-state index in [9.17, 15) is 0 Å². The molecule has 0 atom stereocenters. The van der Waals surface area contributed by atoms with Crippen LogP contribution >= 0.6 is 0 Å². The number of rotatable bonds is 4. The van der Waals surface area contributed by atoms with Crippen LogP contribution in [0.25, 0.3) is 0 Å². The highest BCUT2D eigenvalue weighted by Gasteiger charge is 2.48. The van der Waals surface area contributed by atoms with Crippen molar-refractivity contribution in [1.29, 1.82) is 0 Å². The van der Waals surface area contributed by atoms with E-state index in [0.29, 0.717) is 0 Å². The van der Waals surface area contributed by atoms with Crippen LogP contribution < -0.4 is 0 Å². The van der Waals surface area contributed by atoms with Gasteiger partial charge in [-0.3, -0.25) is 0 Å². The number of nitrogens with zero attached hydrogens (tertiary/aromatic N) is 4. The van der Waals surface area contributed by atoms with Crippen molar-refractivity contribution in [2.45, 2.75) is 0 Å². The van der Waals surface area contributed by atoms with Gasteiger partial charge in [0, 0.05) is 6.92 Å². The third kappa shape index (κ3) is 3.10. The van der Waals surface area contributed by atoms with E-state index in [-0.39, 0.29) is 0 Å². The van der Waals surface area contributed by atoms with Gasteiger partial charge in [-0.25, -0.2) is 0 Å². The van der Waals surface area contributed by atoms with Crippen LogP contribution in [0.1, 0.15) is 0 Å². The van der Waals surface area contributed by atoms with E-state index >= 15 is 0 Å². The second-order valence-electron chi connectivity index (χ2n) is 5.61. The van der Waals surface area contributed by atoms with Crippen LogP contribution in [-0.2, 0) is 14.2 Å². The molecular formula is C14H28N4O3+. The first-order valence-corrected chi connectivity index (χ1v) is 8.05. The van der Waals surface area contributed by atoms with Gasteiger partial charge in [0.05, 0.1) is 78.9 Å². The predicted octanol–water partition coefficient (Wildman–Crippen LogP) is -0.621. The molecule has 0 aromatic carbocycles. The second-order valence-corrected chi connectivity index (χ2v) is 5.61. The quantitative estimate of drug-likeness (QED) is 0.644. The van der Waals surface area contributed by atoms with Gasteiger partial charge < -0.3 is 14.2 Å². The molecule has 0 aromatic heterocycles. The third-order valence-electron chi connectivity index (χ3n) is 4.62. The topological polar surface area (TPSA) is 37.4 Å². The summed E-state index contributed by atoms with van der Waals surface area (Å²) in [4.78, 5) is 0.718. The van der Waals surface area contributed by atoms with E-state index in [4.69, 9.17) is 14.2 Å². The first-order valence-electron chi connectivity index (χ1n) is 8.05. The van der Waals surface area contributed by atoms with Crippen LogP contribution in [0.5, 0.6) is 0 Å². The van der Waals surface area contributed by atoms with Crippen LogP contribution in [0, 0.1) is 6.92 Å². The van der Waals surface area contributed by atoms with Crippen molar-refractivity contribution in [3.05, 3.63) is 6.92 Å². The molecule has 0 aliphatic carbocycles. The lowest BCUT2D eigenvalue weighted by Crippen LogP contribution is -2.79. The normalized spacial score (nSPS) is 27.9. The third-order valence-corrected chi connectivity index (χ3v) is 4.62. The van der Waals surface area contributed by atoms with E-state index < -0.39 is 0 Å². The Morgan fingerprint density at radius 2 is 0.905 bits per heavy atom. The Hall–Kier alpha value is -0.280. The zero-order chi connectivity index (χ0) is 14.5. The van der Waals surface area contributed by atoms with Crippen molar-refractivity contribution >= 4 is 0 Å². The summed E-state index contributed by atoms with van der Waals surface area (Å²) in [6, 6.07) is 0. The molecular weight excluding hydrogens is 272 g/mol. The van der Waals surface area contributed by atoms with Crippen LogP contribution in [0.4, 0.5) is 0 Å². The Balaban J connectivity index is 1.85. The summed E-state index contributed by atoms with van der Waals surface area (Å²) in [5.74, 6) is 0. The molecule has 3 rings (SSSR count). The zero-order valence-corrected chi connectivity index (χ0v) is 12.9. The fourth-order valence-electron chi connectivity index (χ4n) is 3.58. The average molecular weight is 300 g/mol. The van der Waals surface area contributed by atoms with Gasteiger partial charge in [-0.05, 0) is 0 Å². The summed E-state index contributed by atoms with van der Waals surface area (Å²) < 4.78 is 16.7. The molecule has 0 bridgehead atoms. The first-order chi connectivity index (χ1) is 10.4. The van der Waals surface area contributed by atoms with Gasteiger partial charge in [0.2, 0.25) is 0 Å². The molecule has 0 N–H and O–H groups in total. The molecule has 3 saturated heterocycles. The van der Waals surface area contributed by atoms with E-state index in [1.54, 1.807) is 0 Å². The number of ether oxygens (including phenoxy) is 3. The molecule has 7 heteroatoms. The number of hydrogen-bond acceptors (Lipinski definition) is 6. The number of quaternary nitrogens is 1. The van der Waals surface area contributed by atoms with Gasteiger partial charge in [-0.15, -0.1) is 15.0 Å². The Bertz CT molecular complexity index is 268. The van der Waals surface area contributed by atoms with E-state index in [0.717, 1.165) is 90.3 Å². The summed E-state index contributed by atoms with van der Waals surface area (Å²) >= 11 is 0. The molecule has 0 unspecified atom stereocenters. The molecule has 3 fully saturated rings. The van der Waals surface area contributed by atoms with Crippen molar-refractivity contribution < 1.29 is 19.0 Å². The number of morpholine rings is 3. The van der Waals surface area contributed by atoms with E-state index in [1.807, 2.05) is 0 Å². The average Bonchev–Trinajstić information content (AvgIpc) is 2.59. The van der Waals surface area contributed by atoms with Crippen LogP contribution in [0.3, 0.4) is 0 Å². The molecule has 0 aromatic rings. The van der Waals surface area contributed by atoms with Crippen molar-refractivity contribution in [2.24, 2.45) is 0 Å². The lowest BCUT2D eigenvalue weighted by molar-refractivity contribution is -1.21. The Labute approximate surface area is 127 Å². The molecule has 21 heavy (non-hydrogen) atoms. The molecule has 3 aliphatic heterocycles. The second kappa shape index (κ2) is 7.32. The van der Waals surface area contributed by atoms with Gasteiger partial charge in [-0.2, -0.15) is 0 Å². The molecule has 1 radical (unpaired) electrons. The predicted molar refractivity (Wildman–Crippen MR) is 77.7 cm³/mol. The fourth-order valence-corrected chi connectivity index (χ4v) is 3.58. The Kier molecular flexibility index (Phi) is 5.44. The molecule has 0 spiro atoms. The standard InChI is InChI=1S/C14H28N4O3/c1-2-18(15-3-9-19-10-4-15,16-5-11-20-12-6-16)17-7-13-21-14-8-17/h1-14H2/q+1. The van der Waals surface area contributed by atoms with Crippen molar-refractivity contribution in [2.75, 3.05) is 85.5 Å². The van der Waals surface area contributed by atoms with Crippen LogP contribution in [-0.4, -0.2) is 105 Å². The van der Waals surface area contributed by atoms with Crippen molar-refractivity contribution in [1.82, 2.24) is 15.0 Å². The Morgan fingerprint density at radius 3 is 1.14 bits per heavy atom. The minimum Gasteiger partial charge on any atom is -0.378 e. The highest BCUT2D eigenvalue weighted by molar-refractivity contribution is 4.61. The lowest BCUT2D eigenvalue weighted by atomic mass is 10.4. The summed E-state index contributed by atoms with van der Waals surface area (Å²) in [5.41, 5.74) is 0. The van der Waals surface area contributed by atoms with Gasteiger partial charge in [0.25, 0.3) is 0 Å². The van der Waals surface area contributed by atoms with Gasteiger partial charge >= 0.3 is 0 Å². The summed E-state index contributed by atoms with van der Waals surface area (Å²) in [7, 11) is 0. The highest BCUT2D eigenvalue weighted by atomic mass is 16.5. The first kappa shape index (κ1) is 15.6. The van der Waals surface area contributed by atoms with Crippen LogP contribution in [0.2, 0.25) is 0 Å². The lowest BCUT2D eigenvalue weighted by Gasteiger charge is -2.56. The highest BCUT2D eigenvalue weighted by Crippen LogP contribution is 2.25. The van der Waals surface area contributed by atoms with E-state index in [2.05, 4.69) is 22.0 Å². The molecule has 121 valence electrons. The van der Waals surface area contributed by atoms with Gasteiger partial charge in [-0.1, -0.05) is 4.81 Å². The van der Waals surface area contributed by atoms with E-state index in [1.165, 1.54) is 0 Å². The van der Waals surface area contributed by atoms with Crippen molar-refractivity contribution in [3.8, 4) is 0 Å². The SMILES string of the molecule is [CH2]C[N+](N1CCOCC1)(N1CCOCC1)N1CCOCC1. The summed E-state index contributed by atoms with van der Waals surface area (Å²) in [5, 5.41) is 7.52. The number of hydrogen-bond donors (Lipinski definition) is 0. The molecule has 3 heterocycles. The largest absolute Gasteiger partial charge is 0.378 e. The van der Waals surface area contributed by atoms with Crippen molar-refractivity contribution in [3.63, 3.8) is 0 Å². The van der Waals surface area contributed by atoms with Gasteiger partial charge in [0.1, 0.15) is 6.54 Å². The Morgan fingerprint density at radius 1 is 0.619 bits per heavy atom. The molecule has 0 saturated carbocycles. The maximum Gasteiger partial charge on any atom is 0.135 e. The summed E-state index contributed by atoms with van der Waals surface area (Å²) in [6.45, 7) is 15.6. The maximum atomic E-state index is 5.56.